The van der Waals surface area contributed by atoms with E-state index in [0.29, 0.717) is 42.8 Å². The highest BCUT2D eigenvalue weighted by Gasteiger charge is 2.70. The molecule has 0 heterocycles. The molecular weight excluding hydrogens is 364 g/mol. The Morgan fingerprint density at radius 3 is 2.52 bits per heavy atom. The van der Waals surface area contributed by atoms with Crippen LogP contribution in [-0.4, -0.2) is 34.0 Å². The van der Waals surface area contributed by atoms with Crippen molar-refractivity contribution in [3.05, 3.63) is 11.6 Å². The molecule has 0 spiro atoms. The summed E-state index contributed by atoms with van der Waals surface area (Å²) in [5.41, 5.74) is 0.935. The monoisotopic (exact) mass is 400 g/mol. The Morgan fingerprint density at radius 2 is 1.79 bits per heavy atom. The maximum absolute atomic E-state index is 13.2. The van der Waals surface area contributed by atoms with E-state index in [1.54, 1.807) is 6.92 Å². The number of ketones is 2. The summed E-state index contributed by atoms with van der Waals surface area (Å²) in [6.45, 7) is 6.45. The lowest BCUT2D eigenvalue weighted by molar-refractivity contribution is -0.163. The molecule has 0 bridgehead atoms. The molecule has 5 rings (SSSR count). The third-order valence-corrected chi connectivity index (χ3v) is 10.7. The second-order valence-electron chi connectivity index (χ2n) is 11.5. The van der Waals surface area contributed by atoms with Gasteiger partial charge in [0.05, 0.1) is 12.2 Å². The number of carbonyl (C=O) groups is 2. The first kappa shape index (κ1) is 19.9. The molecule has 0 aromatic heterocycles. The SMILES string of the molecule is CC(=O)C12CC(O)C(O)CC1CC1C3CCC4=CC(=O)CCC4(C)C3CCC12C. The second kappa shape index (κ2) is 6.26. The third kappa shape index (κ3) is 2.39. The third-order valence-electron chi connectivity index (χ3n) is 10.7. The molecule has 4 nitrogen and oxygen atoms in total. The van der Waals surface area contributed by atoms with Gasteiger partial charge in [0.25, 0.3) is 0 Å². The van der Waals surface area contributed by atoms with Crippen molar-refractivity contribution < 1.29 is 19.8 Å². The molecule has 4 saturated carbocycles. The first-order valence-corrected chi connectivity index (χ1v) is 11.7. The van der Waals surface area contributed by atoms with Crippen LogP contribution in [0.4, 0.5) is 0 Å². The van der Waals surface area contributed by atoms with Gasteiger partial charge in [0.15, 0.2) is 5.78 Å². The summed E-state index contributed by atoms with van der Waals surface area (Å²) in [5, 5.41) is 20.9. The van der Waals surface area contributed by atoms with E-state index in [2.05, 4.69) is 13.8 Å². The molecule has 29 heavy (non-hydrogen) atoms. The fourth-order valence-electron chi connectivity index (χ4n) is 9.29. The van der Waals surface area contributed by atoms with Crippen LogP contribution in [0.25, 0.3) is 0 Å². The molecule has 4 fully saturated rings. The van der Waals surface area contributed by atoms with Crippen molar-refractivity contribution in [2.45, 2.75) is 90.8 Å². The van der Waals surface area contributed by atoms with E-state index in [0.717, 1.165) is 38.5 Å². The summed E-state index contributed by atoms with van der Waals surface area (Å²) in [6, 6.07) is 0. The number of fused-ring (bicyclic) bond motifs is 7. The van der Waals surface area contributed by atoms with Crippen LogP contribution < -0.4 is 0 Å². The van der Waals surface area contributed by atoms with Crippen molar-refractivity contribution in [2.24, 2.45) is 39.9 Å². The molecule has 0 aromatic carbocycles. The van der Waals surface area contributed by atoms with E-state index in [9.17, 15) is 19.8 Å². The van der Waals surface area contributed by atoms with Crippen LogP contribution in [0.2, 0.25) is 0 Å². The molecule has 5 aliphatic rings. The van der Waals surface area contributed by atoms with Crippen LogP contribution in [0.15, 0.2) is 11.6 Å². The Hall–Kier alpha value is -1.00. The molecule has 0 saturated heterocycles. The Balaban J connectivity index is 1.54. The number of aliphatic hydroxyl groups is 2. The molecule has 4 heteroatoms. The zero-order valence-corrected chi connectivity index (χ0v) is 18.1. The summed E-state index contributed by atoms with van der Waals surface area (Å²) in [7, 11) is 0. The molecule has 0 aromatic rings. The van der Waals surface area contributed by atoms with E-state index in [1.807, 2.05) is 6.08 Å². The minimum Gasteiger partial charge on any atom is -0.390 e. The maximum atomic E-state index is 13.2. The van der Waals surface area contributed by atoms with Gasteiger partial charge in [0, 0.05) is 11.8 Å². The lowest BCUT2D eigenvalue weighted by Gasteiger charge is -2.60. The minimum atomic E-state index is -0.786. The van der Waals surface area contributed by atoms with Crippen LogP contribution in [-0.2, 0) is 9.59 Å². The van der Waals surface area contributed by atoms with Gasteiger partial charge in [0.2, 0.25) is 0 Å². The molecule has 0 aliphatic heterocycles. The fraction of sp³-hybridized carbons (Fsp3) is 0.840. The number of Topliss-reactive ketones (excluding diaryl/α,β-unsaturated/α-hetero) is 1. The average Bonchev–Trinajstić information content (AvgIpc) is 2.92. The second-order valence-corrected chi connectivity index (χ2v) is 11.5. The largest absolute Gasteiger partial charge is 0.390 e. The molecule has 2 N–H and O–H groups in total. The van der Waals surface area contributed by atoms with Gasteiger partial charge in [-0.1, -0.05) is 19.4 Å². The molecule has 9 unspecified atom stereocenters. The Kier molecular flexibility index (Phi) is 4.30. The summed E-state index contributed by atoms with van der Waals surface area (Å²) in [6.07, 6.45) is 8.36. The van der Waals surface area contributed by atoms with Gasteiger partial charge < -0.3 is 10.2 Å². The first-order valence-electron chi connectivity index (χ1n) is 11.7. The van der Waals surface area contributed by atoms with E-state index in [4.69, 9.17) is 0 Å². The minimum absolute atomic E-state index is 0.0894. The van der Waals surface area contributed by atoms with Crippen molar-refractivity contribution in [2.75, 3.05) is 0 Å². The lowest BCUT2D eigenvalue weighted by atomic mass is 9.43. The summed E-state index contributed by atoms with van der Waals surface area (Å²) < 4.78 is 0. The van der Waals surface area contributed by atoms with Gasteiger partial charge in [-0.2, -0.15) is 0 Å². The van der Waals surface area contributed by atoms with Crippen molar-refractivity contribution in [3.8, 4) is 0 Å². The predicted octanol–water partition coefficient (Wildman–Crippen LogP) is 3.84. The average molecular weight is 401 g/mol. The van der Waals surface area contributed by atoms with Crippen LogP contribution in [0.5, 0.6) is 0 Å². The zero-order chi connectivity index (χ0) is 20.8. The standard InChI is InChI=1S/C25H36O4/c1-14(26)25-13-22(29)21(28)12-16(25)11-20-18-5-4-15-10-17(27)6-8-23(15,2)19(18)7-9-24(20,25)3/h10,16,18-22,28-29H,4-9,11-13H2,1-3H3. The van der Waals surface area contributed by atoms with E-state index < -0.39 is 17.6 Å². The predicted molar refractivity (Wildman–Crippen MR) is 110 cm³/mol. The first-order chi connectivity index (χ1) is 13.6. The number of hydrogen-bond acceptors (Lipinski definition) is 4. The summed E-state index contributed by atoms with van der Waals surface area (Å²) in [5.74, 6) is 2.35. The molecule has 160 valence electrons. The van der Waals surface area contributed by atoms with Crippen LogP contribution in [0.1, 0.15) is 78.6 Å². The summed E-state index contributed by atoms with van der Waals surface area (Å²) >= 11 is 0. The Bertz CT molecular complexity index is 786. The van der Waals surface area contributed by atoms with Gasteiger partial charge in [-0.15, -0.1) is 0 Å². The van der Waals surface area contributed by atoms with Crippen molar-refractivity contribution in [3.63, 3.8) is 0 Å². The lowest BCUT2D eigenvalue weighted by Crippen LogP contribution is -2.58. The van der Waals surface area contributed by atoms with Crippen LogP contribution in [0, 0.1) is 39.9 Å². The van der Waals surface area contributed by atoms with E-state index in [1.165, 1.54) is 5.57 Å². The highest BCUT2D eigenvalue weighted by atomic mass is 16.3. The zero-order valence-electron chi connectivity index (χ0n) is 18.1. The fourth-order valence-corrected chi connectivity index (χ4v) is 9.29. The van der Waals surface area contributed by atoms with Crippen LogP contribution >= 0.6 is 0 Å². The summed E-state index contributed by atoms with van der Waals surface area (Å²) in [4.78, 5) is 25.2. The van der Waals surface area contributed by atoms with Gasteiger partial charge in [-0.3, -0.25) is 9.59 Å². The van der Waals surface area contributed by atoms with Gasteiger partial charge in [-0.25, -0.2) is 0 Å². The van der Waals surface area contributed by atoms with Gasteiger partial charge in [0.1, 0.15) is 5.78 Å². The highest BCUT2D eigenvalue weighted by Crippen LogP contribution is 2.74. The number of hydrogen-bond donors (Lipinski definition) is 2. The number of rotatable bonds is 1. The number of carbonyl (C=O) groups excluding carboxylic acids is 2. The molecular formula is C25H36O4. The molecule has 0 amide bonds. The van der Waals surface area contributed by atoms with Crippen molar-refractivity contribution in [1.82, 2.24) is 0 Å². The molecule has 9 atom stereocenters. The van der Waals surface area contributed by atoms with Crippen molar-refractivity contribution >= 4 is 11.6 Å². The van der Waals surface area contributed by atoms with Gasteiger partial charge in [-0.05, 0) is 98.9 Å². The smallest absolute Gasteiger partial charge is 0.155 e. The topological polar surface area (TPSA) is 74.6 Å². The molecule has 5 aliphatic carbocycles. The number of allylic oxidation sites excluding steroid dienone is 1. The van der Waals surface area contributed by atoms with Gasteiger partial charge >= 0.3 is 0 Å². The Morgan fingerprint density at radius 1 is 1.03 bits per heavy atom. The van der Waals surface area contributed by atoms with Crippen molar-refractivity contribution in [1.29, 1.82) is 0 Å². The molecule has 0 radical (unpaired) electrons. The van der Waals surface area contributed by atoms with Crippen LogP contribution in [0.3, 0.4) is 0 Å². The highest BCUT2D eigenvalue weighted by molar-refractivity contribution is 5.91. The number of aliphatic hydroxyl groups excluding tert-OH is 2. The quantitative estimate of drug-likeness (QED) is 0.701. The Labute approximate surface area is 174 Å². The maximum Gasteiger partial charge on any atom is 0.155 e. The van der Waals surface area contributed by atoms with E-state index >= 15 is 0 Å². The van der Waals surface area contributed by atoms with E-state index in [-0.39, 0.29) is 22.5 Å². The normalized spacial score (nSPS) is 54.0.